The molecule has 0 spiro atoms. The van der Waals surface area contributed by atoms with Gasteiger partial charge in [0.15, 0.2) is 0 Å². The summed E-state index contributed by atoms with van der Waals surface area (Å²) in [5.74, 6) is 0. The molecule has 0 rings (SSSR count). The van der Waals surface area contributed by atoms with E-state index in [-0.39, 0.29) is 13.8 Å². The summed E-state index contributed by atoms with van der Waals surface area (Å²) in [6.07, 6.45) is 18.0. The van der Waals surface area contributed by atoms with E-state index in [0.717, 1.165) is 14.2 Å². The molecule has 0 aromatic carbocycles. The van der Waals surface area contributed by atoms with Crippen molar-refractivity contribution in [2.24, 2.45) is 0 Å². The fourth-order valence-electron chi connectivity index (χ4n) is 3.23. The Bertz CT molecular complexity index is 237. The predicted molar refractivity (Wildman–Crippen MR) is 126 cm³/mol. The molecule has 27 heavy (non-hydrogen) atoms. The van der Waals surface area contributed by atoms with E-state index in [9.17, 15) is 0 Å². The Morgan fingerprint density at radius 3 is 1.48 bits per heavy atom. The van der Waals surface area contributed by atoms with Gasteiger partial charge in [0.2, 0.25) is 0 Å². The van der Waals surface area contributed by atoms with Crippen molar-refractivity contribution >= 4 is 0 Å². The standard InChI is InChI=1S/C20H43N.2CH4O.2H2O.2H2/c1-6-9-10-11-12-13-14-15-16-18-20(4,5)21-19(8-3)17-7-2;2*1-2;;;;/h19,21H,6-18H2,1-5H3;2*2H,1H3;2*1H2;2*1H. The Balaban J connectivity index is -0.000000113. The molecule has 0 aliphatic heterocycles. The number of nitrogens with one attached hydrogen (secondary N) is 1. The van der Waals surface area contributed by atoms with Crippen molar-refractivity contribution in [3.05, 3.63) is 0 Å². The lowest BCUT2D eigenvalue weighted by Crippen LogP contribution is -2.45. The number of unbranched alkanes of at least 4 members (excludes halogenated alkanes) is 8. The molecule has 0 heterocycles. The first kappa shape index (κ1) is 37.5. The van der Waals surface area contributed by atoms with Crippen LogP contribution in [0.4, 0.5) is 0 Å². The van der Waals surface area contributed by atoms with Gasteiger partial charge in [0.1, 0.15) is 0 Å². The molecule has 0 radical (unpaired) electrons. The molecule has 5 heteroatoms. The zero-order valence-corrected chi connectivity index (χ0v) is 19.7. The second kappa shape index (κ2) is 30.5. The van der Waals surface area contributed by atoms with Gasteiger partial charge in [-0.15, -0.1) is 0 Å². The summed E-state index contributed by atoms with van der Waals surface area (Å²) in [6, 6.07) is 0.712. The van der Waals surface area contributed by atoms with Crippen molar-refractivity contribution in [1.82, 2.24) is 5.32 Å². The van der Waals surface area contributed by atoms with Crippen LogP contribution in [0.25, 0.3) is 0 Å². The second-order valence-corrected chi connectivity index (χ2v) is 7.50. The summed E-state index contributed by atoms with van der Waals surface area (Å²) in [4.78, 5) is 0. The Morgan fingerprint density at radius 2 is 1.11 bits per heavy atom. The molecule has 0 aliphatic rings. The summed E-state index contributed by atoms with van der Waals surface area (Å²) in [5, 5.41) is 17.9. The minimum Gasteiger partial charge on any atom is -0.412 e. The first-order valence-corrected chi connectivity index (χ1v) is 10.7. The maximum atomic E-state index is 7.00. The van der Waals surface area contributed by atoms with Crippen LogP contribution in [-0.2, 0) is 0 Å². The average Bonchev–Trinajstić information content (AvgIpc) is 2.63. The van der Waals surface area contributed by atoms with Crippen LogP contribution >= 0.6 is 0 Å². The lowest BCUT2D eigenvalue weighted by molar-refractivity contribution is 0.289. The third kappa shape index (κ3) is 30.8. The molecule has 0 bridgehead atoms. The fraction of sp³-hybridized carbons (Fsp3) is 1.00. The largest absolute Gasteiger partial charge is 0.412 e. The van der Waals surface area contributed by atoms with Crippen molar-refractivity contribution < 1.29 is 24.0 Å². The number of aliphatic hydroxyl groups excluding tert-OH is 2. The Kier molecular flexibility index (Phi) is 42.4. The van der Waals surface area contributed by atoms with Gasteiger partial charge in [-0.25, -0.2) is 0 Å². The zero-order chi connectivity index (χ0) is 20.0. The highest BCUT2D eigenvalue weighted by atomic mass is 16.2. The van der Waals surface area contributed by atoms with Gasteiger partial charge >= 0.3 is 0 Å². The van der Waals surface area contributed by atoms with E-state index in [1.807, 2.05) is 0 Å². The molecule has 0 aromatic rings. The highest BCUT2D eigenvalue weighted by Crippen LogP contribution is 2.18. The molecular weight excluding hydrogens is 342 g/mol. The van der Waals surface area contributed by atoms with E-state index < -0.39 is 0 Å². The molecular formula is C22H59NO4. The van der Waals surface area contributed by atoms with Crippen molar-refractivity contribution in [2.45, 2.75) is 130 Å². The number of aliphatic hydroxyl groups is 2. The Hall–Kier alpha value is -0.200. The van der Waals surface area contributed by atoms with Gasteiger partial charge in [0.05, 0.1) is 0 Å². The van der Waals surface area contributed by atoms with Crippen LogP contribution < -0.4 is 5.32 Å². The smallest absolute Gasteiger partial charge is 0.0319 e. The van der Waals surface area contributed by atoms with Crippen molar-refractivity contribution in [1.29, 1.82) is 0 Å². The molecule has 1 unspecified atom stereocenters. The van der Waals surface area contributed by atoms with Gasteiger partial charge in [0.25, 0.3) is 0 Å². The number of rotatable bonds is 15. The normalized spacial score (nSPS) is 11.0. The summed E-state index contributed by atoms with van der Waals surface area (Å²) in [6.45, 7) is 11.7. The van der Waals surface area contributed by atoms with Crippen molar-refractivity contribution in [2.75, 3.05) is 14.2 Å². The van der Waals surface area contributed by atoms with Gasteiger partial charge in [-0.2, -0.15) is 0 Å². The van der Waals surface area contributed by atoms with Crippen LogP contribution in [0.5, 0.6) is 0 Å². The fourth-order valence-corrected chi connectivity index (χ4v) is 3.23. The van der Waals surface area contributed by atoms with Crippen LogP contribution in [0.1, 0.15) is 121 Å². The van der Waals surface area contributed by atoms with Gasteiger partial charge < -0.3 is 26.5 Å². The van der Waals surface area contributed by atoms with Crippen LogP contribution in [0, 0.1) is 0 Å². The van der Waals surface area contributed by atoms with Crippen LogP contribution in [0.2, 0.25) is 0 Å². The zero-order valence-electron chi connectivity index (χ0n) is 19.7. The molecule has 5 nitrogen and oxygen atoms in total. The topological polar surface area (TPSA) is 115 Å². The third-order valence-corrected chi connectivity index (χ3v) is 4.63. The van der Waals surface area contributed by atoms with E-state index in [1.54, 1.807) is 0 Å². The maximum Gasteiger partial charge on any atom is 0.0319 e. The van der Waals surface area contributed by atoms with E-state index in [0.29, 0.717) is 11.6 Å². The Morgan fingerprint density at radius 1 is 0.704 bits per heavy atom. The summed E-state index contributed by atoms with van der Waals surface area (Å²) < 4.78 is 0. The third-order valence-electron chi connectivity index (χ3n) is 4.63. The molecule has 0 aromatic heterocycles. The molecule has 176 valence electrons. The van der Waals surface area contributed by atoms with E-state index in [2.05, 4.69) is 39.9 Å². The summed E-state index contributed by atoms with van der Waals surface area (Å²) >= 11 is 0. The average molecular weight is 402 g/mol. The quantitative estimate of drug-likeness (QED) is 0.338. The van der Waals surface area contributed by atoms with Gasteiger partial charge in [-0.1, -0.05) is 85.0 Å². The predicted octanol–water partition coefficient (Wildman–Crippen LogP) is 4.91. The minimum atomic E-state index is 0. The molecule has 0 saturated carbocycles. The highest BCUT2D eigenvalue weighted by molar-refractivity contribution is 4.81. The van der Waals surface area contributed by atoms with E-state index in [4.69, 9.17) is 10.2 Å². The van der Waals surface area contributed by atoms with Gasteiger partial charge in [-0.05, 0) is 33.1 Å². The second-order valence-electron chi connectivity index (χ2n) is 7.50. The minimum absolute atomic E-state index is 0. The van der Waals surface area contributed by atoms with Crippen LogP contribution in [0.3, 0.4) is 0 Å². The molecule has 0 aliphatic carbocycles. The first-order chi connectivity index (χ1) is 12.1. The molecule has 0 amide bonds. The molecule has 0 fully saturated rings. The van der Waals surface area contributed by atoms with Crippen molar-refractivity contribution in [3.8, 4) is 0 Å². The molecule has 1 atom stereocenters. The number of hydrogen-bond donors (Lipinski definition) is 3. The maximum absolute atomic E-state index is 7.00. The molecule has 7 N–H and O–H groups in total. The lowest BCUT2D eigenvalue weighted by Gasteiger charge is -2.31. The van der Waals surface area contributed by atoms with Gasteiger partial charge in [0, 0.05) is 28.7 Å². The van der Waals surface area contributed by atoms with E-state index >= 15 is 0 Å². The highest BCUT2D eigenvalue weighted by Gasteiger charge is 2.20. The lowest BCUT2D eigenvalue weighted by atomic mass is 9.93. The first-order valence-electron chi connectivity index (χ1n) is 10.7. The summed E-state index contributed by atoms with van der Waals surface area (Å²) in [5.41, 5.74) is 0.316. The van der Waals surface area contributed by atoms with Crippen LogP contribution in [-0.4, -0.2) is 47.0 Å². The summed E-state index contributed by atoms with van der Waals surface area (Å²) in [7, 11) is 2.00. The van der Waals surface area contributed by atoms with E-state index in [1.165, 1.54) is 83.5 Å². The number of hydrogen-bond acceptors (Lipinski definition) is 3. The molecule has 0 saturated heterocycles. The SMILES string of the molecule is CCCCCCCCCCCC(C)(C)NC(CC)CCC.CO.CO.O.O.[HH].[HH]. The monoisotopic (exact) mass is 401 g/mol. The van der Waals surface area contributed by atoms with Gasteiger partial charge in [-0.3, -0.25) is 0 Å². The van der Waals surface area contributed by atoms with Crippen molar-refractivity contribution in [3.63, 3.8) is 0 Å². The van der Waals surface area contributed by atoms with Crippen LogP contribution in [0.15, 0.2) is 0 Å². The Labute approximate surface area is 173 Å².